The molecule has 1 N–H and O–H groups in total. The zero-order chi connectivity index (χ0) is 23.2. The number of carboxylic acid groups (broad SMARTS) is 1. The molecular formula is C20H29F3N2O5S. The number of rotatable bonds is 6. The summed E-state index contributed by atoms with van der Waals surface area (Å²) in [5.41, 5.74) is 0. The monoisotopic (exact) mass is 466 g/mol. The number of amides is 1. The maximum Gasteiger partial charge on any atom is 0.490 e. The average molecular weight is 467 g/mol. The molecule has 31 heavy (non-hydrogen) atoms. The van der Waals surface area contributed by atoms with E-state index in [2.05, 4.69) is 24.0 Å². The number of thiophene rings is 1. The number of aliphatic carboxylic acids is 1. The summed E-state index contributed by atoms with van der Waals surface area (Å²) < 4.78 is 43.5. The molecule has 11 heteroatoms. The molecule has 2 aliphatic rings. The van der Waals surface area contributed by atoms with Gasteiger partial charge < -0.3 is 19.5 Å². The van der Waals surface area contributed by atoms with Gasteiger partial charge in [-0.25, -0.2) is 4.79 Å². The second-order valence-electron chi connectivity index (χ2n) is 7.82. The fraction of sp³-hybridized carbons (Fsp3) is 0.700. The van der Waals surface area contributed by atoms with Crippen molar-refractivity contribution in [3.63, 3.8) is 0 Å². The predicted molar refractivity (Wildman–Crippen MR) is 109 cm³/mol. The number of carbonyl (C=O) groups excluding carboxylic acids is 1. The van der Waals surface area contributed by atoms with Crippen molar-refractivity contribution in [2.45, 2.75) is 57.2 Å². The van der Waals surface area contributed by atoms with E-state index in [0.29, 0.717) is 18.8 Å². The lowest BCUT2D eigenvalue weighted by molar-refractivity contribution is -0.192. The number of likely N-dealkylation sites (N-methyl/N-ethyl adjacent to an activating group) is 1. The van der Waals surface area contributed by atoms with Gasteiger partial charge in [0.25, 0.3) is 0 Å². The molecule has 0 aliphatic carbocycles. The van der Waals surface area contributed by atoms with Gasteiger partial charge in [-0.05, 0) is 38.3 Å². The van der Waals surface area contributed by atoms with Crippen LogP contribution in [0.1, 0.15) is 29.0 Å². The van der Waals surface area contributed by atoms with Gasteiger partial charge in [0.1, 0.15) is 6.61 Å². The third-order valence-electron chi connectivity index (χ3n) is 5.18. The number of carbonyl (C=O) groups is 2. The summed E-state index contributed by atoms with van der Waals surface area (Å²) in [5.74, 6) is -2.76. The quantitative estimate of drug-likeness (QED) is 0.695. The third-order valence-corrected chi connectivity index (χ3v) is 6.16. The predicted octanol–water partition coefficient (Wildman–Crippen LogP) is 2.92. The minimum Gasteiger partial charge on any atom is -0.475 e. The lowest BCUT2D eigenvalue weighted by Gasteiger charge is -2.35. The van der Waals surface area contributed by atoms with Crippen molar-refractivity contribution in [2.75, 3.05) is 33.9 Å². The van der Waals surface area contributed by atoms with Gasteiger partial charge in [-0.15, -0.1) is 11.3 Å². The van der Waals surface area contributed by atoms with E-state index < -0.39 is 12.1 Å². The van der Waals surface area contributed by atoms with E-state index in [4.69, 9.17) is 19.4 Å². The molecule has 0 aromatic carbocycles. The molecule has 0 saturated carbocycles. The number of hydrogen-bond acceptors (Lipinski definition) is 6. The van der Waals surface area contributed by atoms with Gasteiger partial charge in [0, 0.05) is 43.0 Å². The standard InChI is InChI=1S/C18H28N2O3S.C2HF3O2/c1-13-4-6-15(24-13)10-20-9-8-17-16(20)7-5-14(23-17)11-22-12-18(21)19(2)3;3-2(4,5)1(6)7/h4,6,14,16-17H,5,7-12H2,1-3H3;(H,6,7)/t14-,16-,17-;/m1./s1. The number of likely N-dealkylation sites (tertiary alicyclic amines) is 1. The highest BCUT2D eigenvalue weighted by atomic mass is 32.1. The largest absolute Gasteiger partial charge is 0.490 e. The summed E-state index contributed by atoms with van der Waals surface area (Å²) in [7, 11) is 3.49. The van der Waals surface area contributed by atoms with Gasteiger partial charge in [0.05, 0.1) is 18.8 Å². The van der Waals surface area contributed by atoms with Crippen LogP contribution in [-0.2, 0) is 25.6 Å². The van der Waals surface area contributed by atoms with Crippen molar-refractivity contribution in [2.24, 2.45) is 0 Å². The van der Waals surface area contributed by atoms with Gasteiger partial charge in [-0.2, -0.15) is 13.2 Å². The number of ether oxygens (including phenoxy) is 2. The fourth-order valence-corrected chi connectivity index (χ4v) is 4.50. The molecular weight excluding hydrogens is 437 g/mol. The molecule has 2 saturated heterocycles. The van der Waals surface area contributed by atoms with Crippen molar-refractivity contribution in [3.05, 3.63) is 21.9 Å². The smallest absolute Gasteiger partial charge is 0.475 e. The maximum atomic E-state index is 11.5. The first-order valence-corrected chi connectivity index (χ1v) is 10.8. The zero-order valence-corrected chi connectivity index (χ0v) is 18.7. The Labute approximate surface area is 183 Å². The first-order valence-electron chi connectivity index (χ1n) is 10.00. The molecule has 176 valence electrons. The molecule has 2 aliphatic heterocycles. The Kier molecular flexibility index (Phi) is 9.28. The Hall–Kier alpha value is -1.69. The number of fused-ring (bicyclic) bond motifs is 1. The van der Waals surface area contributed by atoms with Crippen molar-refractivity contribution < 1.29 is 37.3 Å². The van der Waals surface area contributed by atoms with Gasteiger partial charge in [-0.3, -0.25) is 9.69 Å². The van der Waals surface area contributed by atoms with Crippen molar-refractivity contribution >= 4 is 23.2 Å². The van der Waals surface area contributed by atoms with Crippen molar-refractivity contribution in [1.82, 2.24) is 9.80 Å². The fourth-order valence-electron chi connectivity index (χ4n) is 3.58. The van der Waals surface area contributed by atoms with E-state index in [0.717, 1.165) is 32.4 Å². The molecule has 3 atom stereocenters. The van der Waals surface area contributed by atoms with Crippen LogP contribution in [-0.4, -0.2) is 85.1 Å². The Morgan fingerprint density at radius 3 is 2.52 bits per heavy atom. The summed E-state index contributed by atoms with van der Waals surface area (Å²) in [6.07, 6.45) is -1.37. The molecule has 0 unspecified atom stereocenters. The Morgan fingerprint density at radius 1 is 1.29 bits per heavy atom. The van der Waals surface area contributed by atoms with Crippen LogP contribution in [0.2, 0.25) is 0 Å². The van der Waals surface area contributed by atoms with Crippen LogP contribution in [0.4, 0.5) is 13.2 Å². The number of halogens is 3. The van der Waals surface area contributed by atoms with Crippen LogP contribution < -0.4 is 0 Å². The highest BCUT2D eigenvalue weighted by Crippen LogP contribution is 2.33. The van der Waals surface area contributed by atoms with Crippen LogP contribution in [0.25, 0.3) is 0 Å². The Morgan fingerprint density at radius 2 is 1.97 bits per heavy atom. The average Bonchev–Trinajstić information content (AvgIpc) is 3.27. The van der Waals surface area contributed by atoms with Crippen molar-refractivity contribution in [1.29, 1.82) is 0 Å². The summed E-state index contributed by atoms with van der Waals surface area (Å²) in [5, 5.41) is 7.12. The van der Waals surface area contributed by atoms with Crippen LogP contribution in [0.15, 0.2) is 12.1 Å². The zero-order valence-electron chi connectivity index (χ0n) is 17.9. The molecule has 2 fully saturated rings. The second-order valence-corrected chi connectivity index (χ2v) is 9.19. The molecule has 1 amide bonds. The van der Waals surface area contributed by atoms with Gasteiger partial charge >= 0.3 is 12.1 Å². The number of carboxylic acids is 1. The highest BCUT2D eigenvalue weighted by molar-refractivity contribution is 7.11. The minimum atomic E-state index is -5.08. The van der Waals surface area contributed by atoms with E-state index in [-0.39, 0.29) is 18.6 Å². The van der Waals surface area contributed by atoms with Crippen LogP contribution in [0.3, 0.4) is 0 Å². The molecule has 0 bridgehead atoms. The summed E-state index contributed by atoms with van der Waals surface area (Å²) in [4.78, 5) is 27.4. The van der Waals surface area contributed by atoms with Gasteiger partial charge in [0.15, 0.2) is 0 Å². The molecule has 3 rings (SSSR count). The number of alkyl halides is 3. The normalized spacial score (nSPS) is 23.6. The summed E-state index contributed by atoms with van der Waals surface area (Å²) in [6.45, 7) is 4.98. The molecule has 7 nitrogen and oxygen atoms in total. The molecule has 0 radical (unpaired) electrons. The van der Waals surface area contributed by atoms with Crippen LogP contribution in [0.5, 0.6) is 0 Å². The second kappa shape index (κ2) is 11.3. The summed E-state index contributed by atoms with van der Waals surface area (Å²) >= 11 is 1.89. The topological polar surface area (TPSA) is 79.3 Å². The van der Waals surface area contributed by atoms with E-state index in [1.807, 2.05) is 11.3 Å². The van der Waals surface area contributed by atoms with Gasteiger partial charge in [-0.1, -0.05) is 0 Å². The first kappa shape index (κ1) is 25.6. The molecule has 3 heterocycles. The Bertz CT molecular complexity index is 741. The third kappa shape index (κ3) is 8.06. The molecule has 1 aromatic heterocycles. The number of aryl methyl sites for hydroxylation is 1. The first-order chi connectivity index (χ1) is 14.5. The van der Waals surface area contributed by atoms with Crippen LogP contribution in [0, 0.1) is 6.92 Å². The lowest BCUT2D eigenvalue weighted by atomic mass is 9.99. The Balaban J connectivity index is 0.000000423. The van der Waals surface area contributed by atoms with E-state index >= 15 is 0 Å². The van der Waals surface area contributed by atoms with Gasteiger partial charge in [0.2, 0.25) is 5.91 Å². The number of nitrogens with zero attached hydrogens (tertiary/aromatic N) is 2. The highest BCUT2D eigenvalue weighted by Gasteiger charge is 2.40. The molecule has 1 aromatic rings. The van der Waals surface area contributed by atoms with Crippen molar-refractivity contribution in [3.8, 4) is 0 Å². The van der Waals surface area contributed by atoms with E-state index in [9.17, 15) is 18.0 Å². The SMILES string of the molecule is Cc1ccc(CN2CC[C@H]3O[C@@H](COCC(=O)N(C)C)CC[C@H]32)s1.O=C(O)C(F)(F)F. The van der Waals surface area contributed by atoms with Crippen LogP contribution >= 0.6 is 11.3 Å². The summed E-state index contributed by atoms with van der Waals surface area (Å²) in [6, 6.07) is 4.98. The number of hydrogen-bond donors (Lipinski definition) is 1. The van der Waals surface area contributed by atoms with E-state index in [1.165, 1.54) is 9.75 Å². The lowest BCUT2D eigenvalue weighted by Crippen LogP contribution is -2.43. The molecule has 0 spiro atoms. The van der Waals surface area contributed by atoms with E-state index in [1.54, 1.807) is 19.0 Å². The maximum absolute atomic E-state index is 11.5. The minimum absolute atomic E-state index is 0.00182.